The van der Waals surface area contributed by atoms with E-state index in [9.17, 15) is 0 Å². The lowest BCUT2D eigenvalue weighted by molar-refractivity contribution is 0.398. The van der Waals surface area contributed by atoms with Crippen LogP contribution in [0.2, 0.25) is 0 Å². The number of rotatable bonds is 6. The van der Waals surface area contributed by atoms with Gasteiger partial charge in [-0.25, -0.2) is 9.97 Å². The number of nitrogens with two attached hydrogens (primary N) is 1. The van der Waals surface area contributed by atoms with E-state index in [1.807, 2.05) is 24.7 Å². The molecule has 5 nitrogen and oxygen atoms in total. The minimum atomic E-state index is 0.612. The van der Waals surface area contributed by atoms with Crippen molar-refractivity contribution in [2.24, 2.45) is 5.73 Å². The summed E-state index contributed by atoms with van der Waals surface area (Å²) in [5.74, 6) is 0.612. The molecule has 2 aromatic heterocycles. The summed E-state index contributed by atoms with van der Waals surface area (Å²) in [6.45, 7) is 1.69. The lowest BCUT2D eigenvalue weighted by Crippen LogP contribution is -2.01. The molecule has 18 heavy (non-hydrogen) atoms. The second kappa shape index (κ2) is 6.16. The Kier molecular flexibility index (Phi) is 4.30. The highest BCUT2D eigenvalue weighted by Gasteiger charge is 2.03. The predicted molar refractivity (Wildman–Crippen MR) is 70.3 cm³/mol. The first-order chi connectivity index (χ1) is 8.83. The fourth-order valence-corrected chi connectivity index (χ4v) is 1.72. The van der Waals surface area contributed by atoms with Crippen LogP contribution in [0.5, 0.6) is 5.88 Å². The maximum atomic E-state index is 5.47. The van der Waals surface area contributed by atoms with E-state index in [0.717, 1.165) is 37.2 Å². The molecule has 0 spiro atoms. The zero-order chi connectivity index (χ0) is 12.8. The number of hydrogen-bond acceptors (Lipinski definition) is 4. The van der Waals surface area contributed by atoms with Crippen LogP contribution in [-0.2, 0) is 6.54 Å². The number of unbranched alkanes of at least 4 members (excludes halogenated alkanes) is 1. The molecule has 0 saturated heterocycles. The summed E-state index contributed by atoms with van der Waals surface area (Å²) in [7, 11) is 1.61. The molecule has 2 aromatic rings. The second-order valence-electron chi connectivity index (χ2n) is 4.08. The zero-order valence-corrected chi connectivity index (χ0v) is 10.5. The quantitative estimate of drug-likeness (QED) is 0.788. The molecule has 0 aliphatic carbocycles. The van der Waals surface area contributed by atoms with E-state index < -0.39 is 0 Å². The van der Waals surface area contributed by atoms with Crippen LogP contribution >= 0.6 is 0 Å². The number of nitrogens with zero attached hydrogens (tertiary/aromatic N) is 3. The van der Waals surface area contributed by atoms with Gasteiger partial charge in [-0.2, -0.15) is 0 Å². The van der Waals surface area contributed by atoms with Gasteiger partial charge in [0.1, 0.15) is 0 Å². The topological polar surface area (TPSA) is 66.0 Å². The van der Waals surface area contributed by atoms with E-state index in [-0.39, 0.29) is 0 Å². The summed E-state index contributed by atoms with van der Waals surface area (Å²) >= 11 is 0. The van der Waals surface area contributed by atoms with E-state index in [0.29, 0.717) is 5.88 Å². The number of aromatic nitrogens is 3. The fourth-order valence-electron chi connectivity index (χ4n) is 1.72. The fraction of sp³-hybridized carbons (Fsp3) is 0.385. The number of ether oxygens (including phenoxy) is 1. The molecule has 2 N–H and O–H groups in total. The van der Waals surface area contributed by atoms with Gasteiger partial charge in [0.15, 0.2) is 0 Å². The Bertz CT molecular complexity index is 478. The normalized spacial score (nSPS) is 10.6. The Morgan fingerprint density at radius 2 is 2.17 bits per heavy atom. The lowest BCUT2D eigenvalue weighted by atomic mass is 10.2. The number of pyridine rings is 1. The van der Waals surface area contributed by atoms with E-state index in [1.54, 1.807) is 13.3 Å². The molecule has 0 amide bonds. The average Bonchev–Trinajstić information content (AvgIpc) is 2.88. The molecular formula is C13H18N4O. The van der Waals surface area contributed by atoms with Gasteiger partial charge in [0.2, 0.25) is 5.88 Å². The zero-order valence-electron chi connectivity index (χ0n) is 10.5. The summed E-state index contributed by atoms with van der Waals surface area (Å²) in [6, 6.07) is 3.79. The van der Waals surface area contributed by atoms with Crippen LogP contribution in [0.3, 0.4) is 0 Å². The van der Waals surface area contributed by atoms with Gasteiger partial charge >= 0.3 is 0 Å². The monoisotopic (exact) mass is 246 g/mol. The third kappa shape index (κ3) is 3.07. The molecule has 5 heteroatoms. The van der Waals surface area contributed by atoms with Crippen molar-refractivity contribution < 1.29 is 4.74 Å². The Hall–Kier alpha value is -1.88. The number of aryl methyl sites for hydroxylation is 1. The molecule has 96 valence electrons. The predicted octanol–water partition coefficient (Wildman–Crippen LogP) is 1.69. The molecule has 0 atom stereocenters. The summed E-state index contributed by atoms with van der Waals surface area (Å²) in [6.07, 6.45) is 7.76. The van der Waals surface area contributed by atoms with Crippen LogP contribution in [0.1, 0.15) is 12.8 Å². The van der Waals surface area contributed by atoms with E-state index >= 15 is 0 Å². The van der Waals surface area contributed by atoms with Gasteiger partial charge in [0.25, 0.3) is 0 Å². The minimum absolute atomic E-state index is 0.612. The first-order valence-electron chi connectivity index (χ1n) is 6.05. The Balaban J connectivity index is 2.04. The third-order valence-corrected chi connectivity index (χ3v) is 2.74. The number of imidazole rings is 1. The summed E-state index contributed by atoms with van der Waals surface area (Å²) in [4.78, 5) is 8.54. The Morgan fingerprint density at radius 1 is 1.28 bits per heavy atom. The van der Waals surface area contributed by atoms with Gasteiger partial charge < -0.3 is 15.0 Å². The third-order valence-electron chi connectivity index (χ3n) is 2.74. The highest BCUT2D eigenvalue weighted by atomic mass is 16.5. The SMILES string of the molecule is COc1ccc(-c2cn(CCCCN)cn2)cn1. The standard InChI is InChI=1S/C13H18N4O/c1-18-13-5-4-11(8-15-13)12-9-17(10-16-12)7-3-2-6-14/h4-5,8-10H,2-3,6-7,14H2,1H3. The number of hydrogen-bond donors (Lipinski definition) is 1. The highest BCUT2D eigenvalue weighted by Crippen LogP contribution is 2.18. The molecular weight excluding hydrogens is 228 g/mol. The van der Waals surface area contributed by atoms with Gasteiger partial charge in [-0.05, 0) is 25.5 Å². The molecule has 0 saturated carbocycles. The number of methoxy groups -OCH3 is 1. The van der Waals surface area contributed by atoms with Crippen molar-refractivity contribution in [2.75, 3.05) is 13.7 Å². The van der Waals surface area contributed by atoms with Gasteiger partial charge in [0.05, 0.1) is 19.1 Å². The summed E-state index contributed by atoms with van der Waals surface area (Å²) in [5.41, 5.74) is 7.39. The lowest BCUT2D eigenvalue weighted by Gasteiger charge is -2.00. The largest absolute Gasteiger partial charge is 0.481 e. The van der Waals surface area contributed by atoms with Crippen LogP contribution < -0.4 is 10.5 Å². The van der Waals surface area contributed by atoms with Crippen molar-refractivity contribution in [2.45, 2.75) is 19.4 Å². The van der Waals surface area contributed by atoms with E-state index in [4.69, 9.17) is 10.5 Å². The average molecular weight is 246 g/mol. The molecule has 0 aliphatic heterocycles. The molecule has 2 heterocycles. The maximum absolute atomic E-state index is 5.47. The second-order valence-corrected chi connectivity index (χ2v) is 4.08. The van der Waals surface area contributed by atoms with Crippen LogP contribution in [0.4, 0.5) is 0 Å². The van der Waals surface area contributed by atoms with Gasteiger partial charge in [-0.1, -0.05) is 0 Å². The highest BCUT2D eigenvalue weighted by molar-refractivity contribution is 5.57. The molecule has 0 fully saturated rings. The first kappa shape index (κ1) is 12.6. The van der Waals surface area contributed by atoms with E-state index in [2.05, 4.69) is 14.5 Å². The molecule has 0 bridgehead atoms. The summed E-state index contributed by atoms with van der Waals surface area (Å²) < 4.78 is 7.11. The minimum Gasteiger partial charge on any atom is -0.481 e. The van der Waals surface area contributed by atoms with Crippen LogP contribution in [0, 0.1) is 0 Å². The Labute approximate surface area is 107 Å². The van der Waals surface area contributed by atoms with Gasteiger partial charge in [0, 0.05) is 30.6 Å². The molecule has 0 unspecified atom stereocenters. The van der Waals surface area contributed by atoms with Gasteiger partial charge in [-0.15, -0.1) is 0 Å². The Morgan fingerprint density at radius 3 is 2.83 bits per heavy atom. The molecule has 0 radical (unpaired) electrons. The molecule has 2 rings (SSSR count). The van der Waals surface area contributed by atoms with Crippen molar-refractivity contribution in [1.29, 1.82) is 0 Å². The van der Waals surface area contributed by atoms with E-state index in [1.165, 1.54) is 0 Å². The van der Waals surface area contributed by atoms with Crippen LogP contribution in [0.15, 0.2) is 30.9 Å². The van der Waals surface area contributed by atoms with Crippen LogP contribution in [0.25, 0.3) is 11.3 Å². The smallest absolute Gasteiger partial charge is 0.212 e. The van der Waals surface area contributed by atoms with Crippen molar-refractivity contribution >= 4 is 0 Å². The van der Waals surface area contributed by atoms with Crippen molar-refractivity contribution in [3.63, 3.8) is 0 Å². The van der Waals surface area contributed by atoms with Crippen molar-refractivity contribution in [3.05, 3.63) is 30.9 Å². The molecule has 0 aliphatic rings. The summed E-state index contributed by atoms with van der Waals surface area (Å²) in [5, 5.41) is 0. The van der Waals surface area contributed by atoms with Gasteiger partial charge in [-0.3, -0.25) is 0 Å². The van der Waals surface area contributed by atoms with Crippen LogP contribution in [-0.4, -0.2) is 28.2 Å². The van der Waals surface area contributed by atoms with Crippen molar-refractivity contribution in [3.8, 4) is 17.1 Å². The molecule has 0 aromatic carbocycles. The maximum Gasteiger partial charge on any atom is 0.212 e. The first-order valence-corrected chi connectivity index (χ1v) is 6.05. The van der Waals surface area contributed by atoms with Crippen molar-refractivity contribution in [1.82, 2.24) is 14.5 Å².